The number of halogens is 3. The van der Waals surface area contributed by atoms with Gasteiger partial charge in [-0.25, -0.2) is 9.78 Å². The molecule has 1 unspecified atom stereocenters. The zero-order valence-electron chi connectivity index (χ0n) is 26.6. The highest BCUT2D eigenvalue weighted by Gasteiger charge is 2.51. The van der Waals surface area contributed by atoms with Crippen LogP contribution in [0.25, 0.3) is 11.2 Å². The predicted molar refractivity (Wildman–Crippen MR) is 175 cm³/mol. The number of aromatic nitrogens is 5. The summed E-state index contributed by atoms with van der Waals surface area (Å²) < 4.78 is 50.9. The predicted octanol–water partition coefficient (Wildman–Crippen LogP) is 4.18. The minimum absolute atomic E-state index is 0.0646. The number of nitrogens with zero attached hydrogens (tertiary/aromatic N) is 6. The van der Waals surface area contributed by atoms with Crippen LogP contribution in [0.3, 0.4) is 0 Å². The van der Waals surface area contributed by atoms with E-state index in [4.69, 9.17) is 14.7 Å². The Balaban J connectivity index is 1.25. The monoisotopic (exact) mass is 689 g/mol. The molecule has 5 aromatic rings. The molecule has 3 N–H and O–H groups in total. The van der Waals surface area contributed by atoms with Crippen molar-refractivity contribution in [3.63, 3.8) is 0 Å². The Morgan fingerprint density at radius 3 is 2.34 bits per heavy atom. The number of nitrogens with one attached hydrogen (secondary N) is 1. The van der Waals surface area contributed by atoms with E-state index in [9.17, 15) is 28.2 Å². The number of carbonyl (C=O) groups excluding carboxylic acids is 1. The van der Waals surface area contributed by atoms with Crippen LogP contribution in [0.2, 0.25) is 0 Å². The number of aliphatic hydroxyl groups is 2. The van der Waals surface area contributed by atoms with Crippen LogP contribution in [0.1, 0.15) is 41.2 Å². The van der Waals surface area contributed by atoms with E-state index in [-0.39, 0.29) is 17.5 Å². The molecule has 5 atom stereocenters. The third-order valence-electron chi connectivity index (χ3n) is 9.17. The summed E-state index contributed by atoms with van der Waals surface area (Å²) in [5, 5.41) is 24.5. The number of pyridine rings is 1. The number of hydrogen-bond donors (Lipinski definition) is 3. The van der Waals surface area contributed by atoms with Crippen molar-refractivity contribution in [3.8, 4) is 0 Å². The standard InChI is InChI=1S/C35H34F3N7O5/c36-35(37,38)33(48)50-29-26(19-46)49-32(28(29)47)45-20-41-27-30(40-17-25(22-7-3-1-4-8-22)23-9-5-2-6-10-23)42-34(43-31(27)45)44-16-13-24(18-44)21-11-14-39-15-12-21/h1-12,14-15,20,24-26,28-29,32,46-47H,13,16-19H2,(H,40,42,43)/t24?,26-,28-,29-,32-/m1/s1. The number of aliphatic hydroxyl groups excluding tert-OH is 2. The first kappa shape index (κ1) is 33.4. The van der Waals surface area contributed by atoms with Gasteiger partial charge < -0.3 is 29.9 Å². The van der Waals surface area contributed by atoms with Gasteiger partial charge in [0, 0.05) is 43.9 Å². The average Bonchev–Trinajstić information content (AvgIpc) is 3.87. The van der Waals surface area contributed by atoms with E-state index in [1.807, 2.05) is 53.4 Å². The SMILES string of the molecule is O=C(O[C@H]1[C@@H](O)[C@H](n2cnc3c(NCC(c4ccccc4)c4ccccc4)nc(N4CCC(c5ccncc5)C4)nc32)O[C@@H]1CO)C(F)(F)F. The lowest BCUT2D eigenvalue weighted by atomic mass is 9.91. The molecule has 50 heavy (non-hydrogen) atoms. The number of rotatable bonds is 10. The topological polar surface area (TPSA) is 148 Å². The minimum Gasteiger partial charge on any atom is -0.450 e. The van der Waals surface area contributed by atoms with E-state index in [1.165, 1.54) is 10.9 Å². The third-order valence-corrected chi connectivity index (χ3v) is 9.17. The van der Waals surface area contributed by atoms with Crippen molar-refractivity contribution in [2.24, 2.45) is 0 Å². The number of alkyl halides is 3. The number of fused-ring (bicyclic) bond motifs is 1. The fourth-order valence-electron chi connectivity index (χ4n) is 6.64. The molecule has 2 saturated heterocycles. The van der Waals surface area contributed by atoms with Crippen LogP contribution < -0.4 is 10.2 Å². The maximum atomic E-state index is 13.1. The second-order valence-corrected chi connectivity index (χ2v) is 12.3. The van der Waals surface area contributed by atoms with Crippen LogP contribution >= 0.6 is 0 Å². The van der Waals surface area contributed by atoms with Gasteiger partial charge in [-0.3, -0.25) is 9.55 Å². The summed E-state index contributed by atoms with van der Waals surface area (Å²) in [6, 6.07) is 24.0. The molecular formula is C35H34F3N7O5. The molecule has 0 spiro atoms. The number of esters is 1. The molecule has 0 aliphatic carbocycles. The van der Waals surface area contributed by atoms with E-state index < -0.39 is 43.3 Å². The van der Waals surface area contributed by atoms with E-state index in [0.29, 0.717) is 36.9 Å². The molecule has 2 fully saturated rings. The second kappa shape index (κ2) is 14.0. The number of imidazole rings is 1. The molecule has 2 aliphatic rings. The van der Waals surface area contributed by atoms with E-state index in [1.54, 1.807) is 12.4 Å². The van der Waals surface area contributed by atoms with Gasteiger partial charge in [0.1, 0.15) is 12.2 Å². The zero-order chi connectivity index (χ0) is 34.8. The molecule has 3 aromatic heterocycles. The first-order valence-corrected chi connectivity index (χ1v) is 16.2. The van der Waals surface area contributed by atoms with Gasteiger partial charge in [-0.2, -0.15) is 23.1 Å². The van der Waals surface area contributed by atoms with Crippen molar-refractivity contribution >= 4 is 28.9 Å². The summed E-state index contributed by atoms with van der Waals surface area (Å²) in [5.74, 6) is -1.58. The molecule has 7 rings (SSSR count). The molecule has 0 amide bonds. The summed E-state index contributed by atoms with van der Waals surface area (Å²) in [6.45, 7) is 0.877. The largest absolute Gasteiger partial charge is 0.490 e. The molecular weight excluding hydrogens is 655 g/mol. The minimum atomic E-state index is -5.30. The highest BCUT2D eigenvalue weighted by molar-refractivity contribution is 5.84. The number of hydrogen-bond acceptors (Lipinski definition) is 11. The summed E-state index contributed by atoms with van der Waals surface area (Å²) in [7, 11) is 0. The van der Waals surface area contributed by atoms with Gasteiger partial charge in [0.05, 0.1) is 12.9 Å². The van der Waals surface area contributed by atoms with Crippen molar-refractivity contribution in [2.45, 2.75) is 49.0 Å². The Morgan fingerprint density at radius 1 is 1.02 bits per heavy atom. The Bertz CT molecular complexity index is 1880. The number of ether oxygens (including phenoxy) is 2. The molecule has 260 valence electrons. The summed E-state index contributed by atoms with van der Waals surface area (Å²) in [6.07, 6.45) is -6.03. The third kappa shape index (κ3) is 6.71. The van der Waals surface area contributed by atoms with Crippen LogP contribution in [-0.4, -0.2) is 91.4 Å². The van der Waals surface area contributed by atoms with Crippen molar-refractivity contribution in [3.05, 3.63) is 108 Å². The number of benzene rings is 2. The average molecular weight is 690 g/mol. The first-order chi connectivity index (χ1) is 24.2. The number of anilines is 2. The molecule has 0 saturated carbocycles. The zero-order valence-corrected chi connectivity index (χ0v) is 26.6. The van der Waals surface area contributed by atoms with Gasteiger partial charge in [0.2, 0.25) is 5.95 Å². The lowest BCUT2D eigenvalue weighted by molar-refractivity contribution is -0.210. The van der Waals surface area contributed by atoms with Crippen LogP contribution in [0.4, 0.5) is 24.9 Å². The fourth-order valence-corrected chi connectivity index (χ4v) is 6.64. The summed E-state index contributed by atoms with van der Waals surface area (Å²) in [5.41, 5.74) is 3.85. The molecule has 5 heterocycles. The molecule has 2 aromatic carbocycles. The van der Waals surface area contributed by atoms with Gasteiger partial charge in [0.15, 0.2) is 29.3 Å². The van der Waals surface area contributed by atoms with Gasteiger partial charge in [-0.15, -0.1) is 0 Å². The fraction of sp³-hybridized carbons (Fsp3) is 0.343. The quantitative estimate of drug-likeness (QED) is 0.182. The smallest absolute Gasteiger partial charge is 0.450 e. The van der Waals surface area contributed by atoms with Crippen LogP contribution in [0.5, 0.6) is 0 Å². The Kier molecular flexibility index (Phi) is 9.35. The van der Waals surface area contributed by atoms with E-state index in [2.05, 4.69) is 44.3 Å². The Hall–Kier alpha value is -5.12. The van der Waals surface area contributed by atoms with Crippen LogP contribution in [0, 0.1) is 0 Å². The van der Waals surface area contributed by atoms with E-state index in [0.717, 1.165) is 23.1 Å². The molecule has 0 bridgehead atoms. The maximum Gasteiger partial charge on any atom is 0.490 e. The molecule has 0 radical (unpaired) electrons. The van der Waals surface area contributed by atoms with E-state index >= 15 is 0 Å². The normalized spacial score (nSPS) is 22.4. The summed E-state index contributed by atoms with van der Waals surface area (Å²) in [4.78, 5) is 32.1. The van der Waals surface area contributed by atoms with Crippen molar-refractivity contribution in [2.75, 3.05) is 36.5 Å². The summed E-state index contributed by atoms with van der Waals surface area (Å²) >= 11 is 0. The maximum absolute atomic E-state index is 13.1. The van der Waals surface area contributed by atoms with Gasteiger partial charge in [-0.1, -0.05) is 60.7 Å². The van der Waals surface area contributed by atoms with Crippen LogP contribution in [-0.2, 0) is 14.3 Å². The second-order valence-electron chi connectivity index (χ2n) is 12.3. The van der Waals surface area contributed by atoms with Gasteiger partial charge in [0.25, 0.3) is 0 Å². The first-order valence-electron chi connectivity index (χ1n) is 16.2. The molecule has 15 heteroatoms. The molecule has 2 aliphatic heterocycles. The lowest BCUT2D eigenvalue weighted by Crippen LogP contribution is -2.41. The van der Waals surface area contributed by atoms with Crippen LogP contribution in [0.15, 0.2) is 91.5 Å². The lowest BCUT2D eigenvalue weighted by Gasteiger charge is -2.22. The van der Waals surface area contributed by atoms with Crippen molar-refractivity contribution in [1.82, 2.24) is 24.5 Å². The Labute approximate surface area is 284 Å². The highest BCUT2D eigenvalue weighted by Crippen LogP contribution is 2.37. The molecule has 12 nitrogen and oxygen atoms in total. The van der Waals surface area contributed by atoms with Gasteiger partial charge in [-0.05, 0) is 35.2 Å². The number of carbonyl (C=O) groups is 1. The van der Waals surface area contributed by atoms with Crippen molar-refractivity contribution < 1.29 is 37.7 Å². The van der Waals surface area contributed by atoms with Crippen molar-refractivity contribution in [1.29, 1.82) is 0 Å². The Morgan fingerprint density at radius 2 is 1.70 bits per heavy atom. The van der Waals surface area contributed by atoms with Gasteiger partial charge >= 0.3 is 12.1 Å². The highest BCUT2D eigenvalue weighted by atomic mass is 19.4.